The van der Waals surface area contributed by atoms with Gasteiger partial charge in [0, 0.05) is 23.7 Å². The summed E-state index contributed by atoms with van der Waals surface area (Å²) in [6, 6.07) is 5.78. The summed E-state index contributed by atoms with van der Waals surface area (Å²) < 4.78 is 1.77. The molecule has 100 valence electrons. The van der Waals surface area contributed by atoms with Gasteiger partial charge < -0.3 is 5.73 Å². The summed E-state index contributed by atoms with van der Waals surface area (Å²) in [4.78, 5) is 8.99. The molecule has 0 saturated carbocycles. The minimum absolute atomic E-state index is 0.331. The number of rotatable bonds is 2. The number of hydrogen-bond donors (Lipinski definition) is 1. The summed E-state index contributed by atoms with van der Waals surface area (Å²) in [5.74, 6) is 0.615. The van der Waals surface area contributed by atoms with E-state index in [-0.39, 0.29) is 0 Å². The lowest BCUT2D eigenvalue weighted by Crippen LogP contribution is -2.14. The van der Waals surface area contributed by atoms with Crippen LogP contribution in [0.3, 0.4) is 0 Å². The molecule has 3 aromatic heterocycles. The molecule has 5 nitrogen and oxygen atoms in total. The molecule has 0 radical (unpaired) electrons. The van der Waals surface area contributed by atoms with Crippen LogP contribution in [0.1, 0.15) is 16.8 Å². The van der Waals surface area contributed by atoms with Crippen molar-refractivity contribution in [1.29, 1.82) is 0 Å². The van der Waals surface area contributed by atoms with Crippen molar-refractivity contribution in [2.45, 2.75) is 13.8 Å². The Bertz CT molecular complexity index is 807. The van der Waals surface area contributed by atoms with Gasteiger partial charge in [-0.05, 0) is 37.6 Å². The number of aryl methyl sites for hydroxylation is 2. The average Bonchev–Trinajstić information content (AvgIpc) is 2.84. The molecule has 0 atom stereocenters. The van der Waals surface area contributed by atoms with Crippen LogP contribution in [-0.4, -0.2) is 24.6 Å². The lowest BCUT2D eigenvalue weighted by Gasteiger charge is -2.07. The van der Waals surface area contributed by atoms with E-state index in [2.05, 4.69) is 15.1 Å². The van der Waals surface area contributed by atoms with E-state index in [4.69, 9.17) is 18.0 Å². The third-order valence-electron chi connectivity index (χ3n) is 3.15. The standard InChI is InChI=1S/C14H13N5S/c1-8-6-9(2)19-14(11(8)12(15)20)17-13(18-19)10-4-3-5-16-7-10/h3-7H,1-2H3,(H2,15,20). The van der Waals surface area contributed by atoms with Crippen molar-refractivity contribution in [3.05, 3.63) is 47.4 Å². The Morgan fingerprint density at radius 1 is 1.35 bits per heavy atom. The Labute approximate surface area is 121 Å². The molecule has 0 saturated heterocycles. The van der Waals surface area contributed by atoms with E-state index in [1.807, 2.05) is 32.0 Å². The van der Waals surface area contributed by atoms with Crippen molar-refractivity contribution >= 4 is 22.9 Å². The quantitative estimate of drug-likeness (QED) is 0.729. The first-order valence-corrected chi connectivity index (χ1v) is 6.56. The van der Waals surface area contributed by atoms with Gasteiger partial charge in [0.05, 0.1) is 5.56 Å². The third-order valence-corrected chi connectivity index (χ3v) is 3.35. The zero-order chi connectivity index (χ0) is 14.3. The summed E-state index contributed by atoms with van der Waals surface area (Å²) in [7, 11) is 0. The van der Waals surface area contributed by atoms with Gasteiger partial charge in [0.25, 0.3) is 0 Å². The molecule has 0 amide bonds. The van der Waals surface area contributed by atoms with Crippen LogP contribution < -0.4 is 5.73 Å². The number of aromatic nitrogens is 4. The minimum atomic E-state index is 0.331. The van der Waals surface area contributed by atoms with E-state index >= 15 is 0 Å². The monoisotopic (exact) mass is 283 g/mol. The maximum Gasteiger partial charge on any atom is 0.183 e. The van der Waals surface area contributed by atoms with E-state index in [9.17, 15) is 0 Å². The van der Waals surface area contributed by atoms with E-state index in [0.717, 1.165) is 22.4 Å². The van der Waals surface area contributed by atoms with Crippen LogP contribution in [0.2, 0.25) is 0 Å². The molecular formula is C14H13N5S. The minimum Gasteiger partial charge on any atom is -0.389 e. The van der Waals surface area contributed by atoms with Gasteiger partial charge >= 0.3 is 0 Å². The highest BCUT2D eigenvalue weighted by Gasteiger charge is 2.15. The molecule has 0 aliphatic carbocycles. The molecule has 3 aromatic rings. The topological polar surface area (TPSA) is 69.1 Å². The van der Waals surface area contributed by atoms with Gasteiger partial charge in [0.15, 0.2) is 11.5 Å². The van der Waals surface area contributed by atoms with Crippen LogP contribution in [0.25, 0.3) is 17.0 Å². The molecule has 0 unspecified atom stereocenters. The Morgan fingerprint density at radius 2 is 2.15 bits per heavy atom. The van der Waals surface area contributed by atoms with E-state index < -0.39 is 0 Å². The van der Waals surface area contributed by atoms with E-state index in [1.165, 1.54) is 0 Å². The molecule has 0 fully saturated rings. The zero-order valence-corrected chi connectivity index (χ0v) is 12.0. The number of nitrogens with zero attached hydrogens (tertiary/aromatic N) is 4. The van der Waals surface area contributed by atoms with Gasteiger partial charge in [-0.2, -0.15) is 0 Å². The number of hydrogen-bond acceptors (Lipinski definition) is 4. The Hall–Kier alpha value is -2.34. The van der Waals surface area contributed by atoms with Crippen molar-refractivity contribution in [3.8, 4) is 11.4 Å². The Morgan fingerprint density at radius 3 is 2.80 bits per heavy atom. The molecule has 20 heavy (non-hydrogen) atoms. The van der Waals surface area contributed by atoms with Crippen LogP contribution in [0, 0.1) is 13.8 Å². The van der Waals surface area contributed by atoms with Gasteiger partial charge in [0.2, 0.25) is 0 Å². The lowest BCUT2D eigenvalue weighted by atomic mass is 10.1. The molecule has 6 heteroatoms. The van der Waals surface area contributed by atoms with Gasteiger partial charge in [0.1, 0.15) is 4.99 Å². The van der Waals surface area contributed by atoms with Crippen LogP contribution in [0.5, 0.6) is 0 Å². The summed E-state index contributed by atoms with van der Waals surface area (Å²) in [5, 5.41) is 4.52. The van der Waals surface area contributed by atoms with Crippen molar-refractivity contribution in [2.75, 3.05) is 0 Å². The van der Waals surface area contributed by atoms with Crippen LogP contribution >= 0.6 is 12.2 Å². The molecule has 0 aromatic carbocycles. The molecule has 0 spiro atoms. The second kappa shape index (κ2) is 4.64. The highest BCUT2D eigenvalue weighted by molar-refractivity contribution is 7.80. The van der Waals surface area contributed by atoms with E-state index in [0.29, 0.717) is 16.5 Å². The SMILES string of the molecule is Cc1cc(C)n2nc(-c3cccnc3)nc2c1C(N)=S. The highest BCUT2D eigenvalue weighted by atomic mass is 32.1. The normalized spacial score (nSPS) is 10.9. The zero-order valence-electron chi connectivity index (χ0n) is 11.2. The summed E-state index contributed by atoms with van der Waals surface area (Å²) in [6.07, 6.45) is 3.45. The Balaban J connectivity index is 2.33. The molecule has 3 heterocycles. The molecular weight excluding hydrogens is 270 g/mol. The number of pyridine rings is 2. The first-order chi connectivity index (χ1) is 9.58. The summed E-state index contributed by atoms with van der Waals surface area (Å²) in [6.45, 7) is 3.95. The molecule has 0 aliphatic rings. The Kier molecular flexibility index (Phi) is 2.94. The van der Waals surface area contributed by atoms with Crippen molar-refractivity contribution in [2.24, 2.45) is 5.73 Å². The fourth-order valence-corrected chi connectivity index (χ4v) is 2.52. The van der Waals surface area contributed by atoms with Crippen molar-refractivity contribution in [1.82, 2.24) is 19.6 Å². The number of thiocarbonyl (C=S) groups is 1. The maximum atomic E-state index is 5.82. The third kappa shape index (κ3) is 1.94. The molecule has 3 rings (SSSR count). The lowest BCUT2D eigenvalue weighted by molar-refractivity contribution is 0.913. The first-order valence-electron chi connectivity index (χ1n) is 6.15. The van der Waals surface area contributed by atoms with Crippen LogP contribution in [0.15, 0.2) is 30.6 Å². The average molecular weight is 283 g/mol. The van der Waals surface area contributed by atoms with Crippen LogP contribution in [0.4, 0.5) is 0 Å². The highest BCUT2D eigenvalue weighted by Crippen LogP contribution is 2.21. The predicted octanol–water partition coefficient (Wildman–Crippen LogP) is 2.04. The largest absolute Gasteiger partial charge is 0.389 e. The van der Waals surface area contributed by atoms with Crippen molar-refractivity contribution < 1.29 is 0 Å². The van der Waals surface area contributed by atoms with E-state index in [1.54, 1.807) is 16.9 Å². The maximum absolute atomic E-state index is 5.82. The molecule has 0 bridgehead atoms. The first kappa shape index (κ1) is 12.7. The number of fused-ring (bicyclic) bond motifs is 1. The van der Waals surface area contributed by atoms with Gasteiger partial charge in [-0.25, -0.2) is 9.50 Å². The van der Waals surface area contributed by atoms with Gasteiger partial charge in [-0.3, -0.25) is 4.98 Å². The fraction of sp³-hybridized carbons (Fsp3) is 0.143. The number of nitrogens with two attached hydrogens (primary N) is 1. The van der Waals surface area contributed by atoms with Gasteiger partial charge in [-0.1, -0.05) is 12.2 Å². The summed E-state index contributed by atoms with van der Waals surface area (Å²) in [5.41, 5.74) is 10.1. The predicted molar refractivity (Wildman–Crippen MR) is 81.6 cm³/mol. The molecule has 2 N–H and O–H groups in total. The van der Waals surface area contributed by atoms with Crippen molar-refractivity contribution in [3.63, 3.8) is 0 Å². The smallest absolute Gasteiger partial charge is 0.183 e. The second-order valence-electron chi connectivity index (χ2n) is 4.62. The molecule has 0 aliphatic heterocycles. The summed E-state index contributed by atoms with van der Waals surface area (Å²) >= 11 is 5.13. The van der Waals surface area contributed by atoms with Gasteiger partial charge in [-0.15, -0.1) is 5.10 Å². The van der Waals surface area contributed by atoms with Crippen LogP contribution in [-0.2, 0) is 0 Å². The second-order valence-corrected chi connectivity index (χ2v) is 5.06. The fourth-order valence-electron chi connectivity index (χ4n) is 2.26.